The Balaban J connectivity index is 2.40. The zero-order valence-electron chi connectivity index (χ0n) is 11.9. The van der Waals surface area contributed by atoms with Crippen LogP contribution in [0.4, 0.5) is 21.7 Å². The Morgan fingerprint density at radius 3 is 2.62 bits per heavy atom. The van der Waals surface area contributed by atoms with E-state index in [0.29, 0.717) is 40.2 Å². The molecule has 0 radical (unpaired) electrons. The highest BCUT2D eigenvalue weighted by Crippen LogP contribution is 2.26. The number of nitrogens with zero attached hydrogens (tertiary/aromatic N) is 2. The Morgan fingerprint density at radius 2 is 2.00 bits per heavy atom. The molecule has 4 N–H and O–H groups in total. The van der Waals surface area contributed by atoms with Crippen LogP contribution in [0.15, 0.2) is 18.2 Å². The van der Waals surface area contributed by atoms with E-state index in [-0.39, 0.29) is 0 Å². The third-order valence-electron chi connectivity index (χ3n) is 2.99. The molecular weight excluding hydrogens is 293 g/mol. The molecule has 5 nitrogen and oxygen atoms in total. The standard InChI is InChI=1S/C14H17ClFN5/c1-3-4-12-19-13(8(2)14(20-12)21-17)18-11-6-5-9(15)7-10(11)16/h5-7H,3-4,17H2,1-2H3,(H2,18,19,20,21). The average Bonchev–Trinajstić information content (AvgIpc) is 2.45. The lowest BCUT2D eigenvalue weighted by Gasteiger charge is -2.14. The van der Waals surface area contributed by atoms with Gasteiger partial charge in [0, 0.05) is 17.0 Å². The van der Waals surface area contributed by atoms with Crippen molar-refractivity contribution in [1.29, 1.82) is 0 Å². The number of nitrogens with one attached hydrogen (secondary N) is 2. The van der Waals surface area contributed by atoms with Crippen molar-refractivity contribution in [3.63, 3.8) is 0 Å². The fourth-order valence-electron chi connectivity index (χ4n) is 1.88. The van der Waals surface area contributed by atoms with Crippen LogP contribution in [0.25, 0.3) is 0 Å². The van der Waals surface area contributed by atoms with Crippen molar-refractivity contribution in [3.05, 3.63) is 40.4 Å². The lowest BCUT2D eigenvalue weighted by Crippen LogP contribution is -2.14. The first-order valence-corrected chi connectivity index (χ1v) is 6.99. The summed E-state index contributed by atoms with van der Waals surface area (Å²) in [5.74, 6) is 6.70. The number of aryl methyl sites for hydroxylation is 1. The monoisotopic (exact) mass is 309 g/mol. The number of anilines is 3. The summed E-state index contributed by atoms with van der Waals surface area (Å²) < 4.78 is 13.9. The van der Waals surface area contributed by atoms with E-state index in [2.05, 4.69) is 20.7 Å². The smallest absolute Gasteiger partial charge is 0.148 e. The fraction of sp³-hybridized carbons (Fsp3) is 0.286. The van der Waals surface area contributed by atoms with Crippen molar-refractivity contribution in [2.24, 2.45) is 5.84 Å². The molecule has 0 fully saturated rings. The van der Waals surface area contributed by atoms with E-state index in [0.717, 1.165) is 6.42 Å². The Morgan fingerprint density at radius 1 is 1.29 bits per heavy atom. The van der Waals surface area contributed by atoms with Gasteiger partial charge in [0.2, 0.25) is 0 Å². The summed E-state index contributed by atoms with van der Waals surface area (Å²) in [5, 5.41) is 3.30. The van der Waals surface area contributed by atoms with Gasteiger partial charge in [-0.1, -0.05) is 18.5 Å². The van der Waals surface area contributed by atoms with Gasteiger partial charge in [-0.3, -0.25) is 0 Å². The average molecular weight is 310 g/mol. The first-order chi connectivity index (χ1) is 10.0. The maximum atomic E-state index is 13.9. The number of benzene rings is 1. The summed E-state index contributed by atoms with van der Waals surface area (Å²) in [6, 6.07) is 4.42. The topological polar surface area (TPSA) is 75.9 Å². The number of rotatable bonds is 5. The van der Waals surface area contributed by atoms with E-state index in [1.165, 1.54) is 6.07 Å². The van der Waals surface area contributed by atoms with Gasteiger partial charge in [-0.05, 0) is 31.5 Å². The first kappa shape index (κ1) is 15.5. The Hall–Kier alpha value is -1.92. The van der Waals surface area contributed by atoms with Gasteiger partial charge in [-0.25, -0.2) is 20.2 Å². The molecule has 21 heavy (non-hydrogen) atoms. The Kier molecular flexibility index (Phi) is 4.93. The zero-order valence-corrected chi connectivity index (χ0v) is 12.6. The lowest BCUT2D eigenvalue weighted by molar-refractivity contribution is 0.632. The Labute approximate surface area is 127 Å². The molecule has 0 unspecified atom stereocenters. The van der Waals surface area contributed by atoms with E-state index >= 15 is 0 Å². The number of hydrazine groups is 1. The van der Waals surface area contributed by atoms with Gasteiger partial charge >= 0.3 is 0 Å². The minimum atomic E-state index is -0.445. The molecule has 7 heteroatoms. The van der Waals surface area contributed by atoms with Crippen molar-refractivity contribution in [1.82, 2.24) is 9.97 Å². The van der Waals surface area contributed by atoms with E-state index in [9.17, 15) is 4.39 Å². The van der Waals surface area contributed by atoms with Gasteiger partial charge in [0.05, 0.1) is 5.69 Å². The number of aromatic nitrogens is 2. The SMILES string of the molecule is CCCc1nc(NN)c(C)c(Nc2ccc(Cl)cc2F)n1. The van der Waals surface area contributed by atoms with Crippen LogP contribution in [0.1, 0.15) is 24.7 Å². The van der Waals surface area contributed by atoms with Gasteiger partial charge in [-0.2, -0.15) is 0 Å². The van der Waals surface area contributed by atoms with E-state index in [1.807, 2.05) is 6.92 Å². The van der Waals surface area contributed by atoms with E-state index < -0.39 is 5.82 Å². The van der Waals surface area contributed by atoms with Crippen LogP contribution in [0.2, 0.25) is 5.02 Å². The van der Waals surface area contributed by atoms with Gasteiger partial charge in [0.25, 0.3) is 0 Å². The minimum Gasteiger partial charge on any atom is -0.337 e. The van der Waals surface area contributed by atoms with Crippen LogP contribution in [0.3, 0.4) is 0 Å². The summed E-state index contributed by atoms with van der Waals surface area (Å²) in [4.78, 5) is 8.73. The van der Waals surface area contributed by atoms with Crippen LogP contribution in [0, 0.1) is 12.7 Å². The summed E-state index contributed by atoms with van der Waals surface area (Å²) in [6.45, 7) is 3.84. The number of nitrogen functional groups attached to an aromatic ring is 1. The highest BCUT2D eigenvalue weighted by atomic mass is 35.5. The van der Waals surface area contributed by atoms with Crippen LogP contribution < -0.4 is 16.6 Å². The molecule has 0 amide bonds. The predicted molar refractivity (Wildman–Crippen MR) is 83.3 cm³/mol. The van der Waals surface area contributed by atoms with E-state index in [4.69, 9.17) is 17.4 Å². The number of halogens is 2. The highest BCUT2D eigenvalue weighted by Gasteiger charge is 2.12. The molecule has 112 valence electrons. The molecule has 0 atom stereocenters. The quantitative estimate of drug-likeness (QED) is 0.581. The lowest BCUT2D eigenvalue weighted by atomic mass is 10.2. The molecule has 0 saturated carbocycles. The molecule has 0 saturated heterocycles. The van der Waals surface area contributed by atoms with Crippen LogP contribution in [0.5, 0.6) is 0 Å². The third-order valence-corrected chi connectivity index (χ3v) is 3.22. The number of nitrogens with two attached hydrogens (primary N) is 1. The molecule has 2 aromatic rings. The largest absolute Gasteiger partial charge is 0.337 e. The molecule has 1 aromatic heterocycles. The second kappa shape index (κ2) is 6.69. The van der Waals surface area contributed by atoms with E-state index in [1.54, 1.807) is 19.1 Å². The molecule has 0 bridgehead atoms. The molecule has 1 aromatic carbocycles. The summed E-state index contributed by atoms with van der Waals surface area (Å²) in [5.41, 5.74) is 3.55. The van der Waals surface area contributed by atoms with Crippen LogP contribution in [-0.4, -0.2) is 9.97 Å². The van der Waals surface area contributed by atoms with Crippen molar-refractivity contribution in [2.45, 2.75) is 26.7 Å². The molecule has 2 rings (SSSR count). The first-order valence-electron chi connectivity index (χ1n) is 6.61. The molecule has 0 aliphatic carbocycles. The van der Waals surface area contributed by atoms with Crippen molar-refractivity contribution < 1.29 is 4.39 Å². The van der Waals surface area contributed by atoms with Gasteiger partial charge in [-0.15, -0.1) is 0 Å². The van der Waals surface area contributed by atoms with Crippen molar-refractivity contribution >= 4 is 28.9 Å². The summed E-state index contributed by atoms with van der Waals surface area (Å²) >= 11 is 5.75. The molecule has 1 heterocycles. The van der Waals surface area contributed by atoms with Gasteiger partial charge in [0.1, 0.15) is 23.3 Å². The molecule has 0 spiro atoms. The normalized spacial score (nSPS) is 10.5. The van der Waals surface area contributed by atoms with Crippen molar-refractivity contribution in [2.75, 3.05) is 10.7 Å². The van der Waals surface area contributed by atoms with Gasteiger partial charge in [0.15, 0.2) is 0 Å². The summed E-state index contributed by atoms with van der Waals surface area (Å²) in [6.07, 6.45) is 1.62. The predicted octanol–water partition coefficient (Wildman–Crippen LogP) is 3.56. The van der Waals surface area contributed by atoms with Crippen molar-refractivity contribution in [3.8, 4) is 0 Å². The number of hydrogen-bond acceptors (Lipinski definition) is 5. The maximum absolute atomic E-state index is 13.9. The second-order valence-corrected chi connectivity index (χ2v) is 5.04. The Bertz CT molecular complexity index is 648. The fourth-order valence-corrected chi connectivity index (χ4v) is 2.04. The van der Waals surface area contributed by atoms with Gasteiger partial charge < -0.3 is 10.7 Å². The summed E-state index contributed by atoms with van der Waals surface area (Å²) in [7, 11) is 0. The molecule has 0 aliphatic heterocycles. The third kappa shape index (κ3) is 3.59. The zero-order chi connectivity index (χ0) is 15.4. The molecule has 0 aliphatic rings. The molecular formula is C14H17ClFN5. The second-order valence-electron chi connectivity index (χ2n) is 4.61. The minimum absolute atomic E-state index is 0.298. The highest BCUT2D eigenvalue weighted by molar-refractivity contribution is 6.30. The maximum Gasteiger partial charge on any atom is 0.148 e. The van der Waals surface area contributed by atoms with Crippen LogP contribution in [-0.2, 0) is 6.42 Å². The number of hydrogen-bond donors (Lipinski definition) is 3. The van der Waals surface area contributed by atoms with Crippen LogP contribution >= 0.6 is 11.6 Å².